The number of benzene rings is 2. The second kappa shape index (κ2) is 6.58. The molecular formula is C17H16O4S. The van der Waals surface area contributed by atoms with Crippen molar-refractivity contribution < 1.29 is 17.9 Å². The molecule has 0 aromatic heterocycles. The van der Waals surface area contributed by atoms with Gasteiger partial charge in [-0.1, -0.05) is 55.1 Å². The van der Waals surface area contributed by atoms with Gasteiger partial charge in [-0.2, -0.15) is 0 Å². The molecule has 0 saturated heterocycles. The van der Waals surface area contributed by atoms with Crippen molar-refractivity contribution in [1.82, 2.24) is 0 Å². The van der Waals surface area contributed by atoms with Crippen molar-refractivity contribution in [3.8, 4) is 0 Å². The number of ether oxygens (including phenoxy) is 1. The highest BCUT2D eigenvalue weighted by atomic mass is 32.2. The lowest BCUT2D eigenvalue weighted by molar-refractivity contribution is -0.141. The summed E-state index contributed by atoms with van der Waals surface area (Å²) in [6, 6.07) is 16.3. The van der Waals surface area contributed by atoms with Crippen LogP contribution < -0.4 is 0 Å². The Morgan fingerprint density at radius 1 is 1.00 bits per heavy atom. The van der Waals surface area contributed by atoms with Crippen LogP contribution in [-0.2, 0) is 19.4 Å². The summed E-state index contributed by atoms with van der Waals surface area (Å²) in [6.07, 6.45) is 0. The van der Waals surface area contributed by atoms with Crippen LogP contribution in [0, 0.1) is 0 Å². The van der Waals surface area contributed by atoms with Gasteiger partial charge in [0.15, 0.2) is 0 Å². The van der Waals surface area contributed by atoms with E-state index in [4.69, 9.17) is 4.74 Å². The molecule has 0 aliphatic rings. The van der Waals surface area contributed by atoms with Crippen LogP contribution in [0.1, 0.15) is 17.9 Å². The van der Waals surface area contributed by atoms with E-state index in [0.717, 1.165) is 0 Å². The minimum Gasteiger partial charge on any atom is -0.437 e. The summed E-state index contributed by atoms with van der Waals surface area (Å²) in [5.74, 6) is -0.742. The average Bonchev–Trinajstić information content (AvgIpc) is 2.53. The predicted molar refractivity (Wildman–Crippen MR) is 83.7 cm³/mol. The molecule has 22 heavy (non-hydrogen) atoms. The maximum atomic E-state index is 12.8. The zero-order valence-corrected chi connectivity index (χ0v) is 12.9. The molecule has 0 fully saturated rings. The van der Waals surface area contributed by atoms with Gasteiger partial charge in [-0.15, -0.1) is 0 Å². The number of esters is 1. The largest absolute Gasteiger partial charge is 0.437 e. The first kappa shape index (κ1) is 16.0. The molecule has 0 amide bonds. The highest BCUT2D eigenvalue weighted by molar-refractivity contribution is 7.91. The normalized spacial score (nSPS) is 12.4. The van der Waals surface area contributed by atoms with E-state index in [-0.39, 0.29) is 10.5 Å². The molecule has 1 unspecified atom stereocenters. The Balaban J connectivity index is 2.49. The first-order chi connectivity index (χ1) is 10.4. The summed E-state index contributed by atoms with van der Waals surface area (Å²) in [5.41, 5.74) is -0.870. The lowest BCUT2D eigenvalue weighted by atomic mass is 10.2. The van der Waals surface area contributed by atoms with Crippen LogP contribution in [0.15, 0.2) is 77.7 Å². The zero-order chi connectivity index (χ0) is 16.2. The molecular weight excluding hydrogens is 300 g/mol. The van der Waals surface area contributed by atoms with Gasteiger partial charge >= 0.3 is 5.97 Å². The Bertz CT molecular complexity index is 765. The van der Waals surface area contributed by atoms with Crippen molar-refractivity contribution in [3.05, 3.63) is 78.4 Å². The van der Waals surface area contributed by atoms with Gasteiger partial charge in [0.2, 0.25) is 15.3 Å². The van der Waals surface area contributed by atoms with Crippen LogP contribution in [0.4, 0.5) is 0 Å². The van der Waals surface area contributed by atoms with Crippen molar-refractivity contribution in [2.45, 2.75) is 17.3 Å². The molecule has 2 aromatic rings. The minimum atomic E-state index is -3.87. The molecule has 4 nitrogen and oxygen atoms in total. The first-order valence-corrected chi connectivity index (χ1v) is 8.18. The summed E-state index contributed by atoms with van der Waals surface area (Å²) >= 11 is 0. The van der Waals surface area contributed by atoms with Gasteiger partial charge in [0, 0.05) is 11.1 Å². The first-order valence-electron chi connectivity index (χ1n) is 6.63. The molecule has 0 bridgehead atoms. The van der Waals surface area contributed by atoms with Gasteiger partial charge in [0.25, 0.3) is 0 Å². The van der Waals surface area contributed by atoms with Crippen molar-refractivity contribution in [2.75, 3.05) is 0 Å². The smallest absolute Gasteiger partial charge is 0.334 e. The van der Waals surface area contributed by atoms with E-state index in [9.17, 15) is 13.2 Å². The van der Waals surface area contributed by atoms with Crippen LogP contribution in [0.5, 0.6) is 0 Å². The van der Waals surface area contributed by atoms with Crippen LogP contribution >= 0.6 is 0 Å². The number of sulfone groups is 1. The quantitative estimate of drug-likeness (QED) is 0.627. The third kappa shape index (κ3) is 3.43. The number of hydrogen-bond acceptors (Lipinski definition) is 4. The Morgan fingerprint density at radius 3 is 2.00 bits per heavy atom. The van der Waals surface area contributed by atoms with Crippen LogP contribution in [0.3, 0.4) is 0 Å². The third-order valence-corrected chi connectivity index (χ3v) is 4.85. The van der Waals surface area contributed by atoms with Gasteiger partial charge in [-0.05, 0) is 19.1 Å². The molecule has 0 aliphatic carbocycles. The number of carbonyl (C=O) groups excluding carboxylic acids is 1. The van der Waals surface area contributed by atoms with E-state index in [1.165, 1.54) is 19.1 Å². The van der Waals surface area contributed by atoms with E-state index in [1.54, 1.807) is 48.5 Å². The maximum Gasteiger partial charge on any atom is 0.334 e. The van der Waals surface area contributed by atoms with Gasteiger partial charge in [-0.25, -0.2) is 13.2 Å². The Morgan fingerprint density at radius 2 is 1.50 bits per heavy atom. The van der Waals surface area contributed by atoms with Crippen molar-refractivity contribution >= 4 is 15.8 Å². The van der Waals surface area contributed by atoms with Crippen molar-refractivity contribution in [3.63, 3.8) is 0 Å². The molecule has 114 valence electrons. The Hall–Kier alpha value is -2.40. The van der Waals surface area contributed by atoms with Crippen molar-refractivity contribution in [2.24, 2.45) is 0 Å². The van der Waals surface area contributed by atoms with Crippen molar-refractivity contribution in [1.29, 1.82) is 0 Å². The van der Waals surface area contributed by atoms with E-state index in [1.807, 2.05) is 0 Å². The van der Waals surface area contributed by atoms with Gasteiger partial charge in [0.05, 0.1) is 4.90 Å². The summed E-state index contributed by atoms with van der Waals surface area (Å²) in [4.78, 5) is 11.9. The van der Waals surface area contributed by atoms with Crippen LogP contribution in [0.25, 0.3) is 0 Å². The molecule has 0 spiro atoms. The van der Waals surface area contributed by atoms with Gasteiger partial charge in [-0.3, -0.25) is 0 Å². The minimum absolute atomic E-state index is 0.0957. The molecule has 0 saturated carbocycles. The van der Waals surface area contributed by atoms with E-state index in [0.29, 0.717) is 5.56 Å². The molecule has 1 atom stereocenters. The van der Waals surface area contributed by atoms with Gasteiger partial charge in [0.1, 0.15) is 0 Å². The maximum absolute atomic E-state index is 12.8. The number of rotatable bonds is 5. The highest BCUT2D eigenvalue weighted by Gasteiger charge is 2.32. The predicted octanol–water partition coefficient (Wildman–Crippen LogP) is 3.28. The van der Waals surface area contributed by atoms with E-state index >= 15 is 0 Å². The Kier molecular flexibility index (Phi) is 4.78. The molecule has 0 N–H and O–H groups in total. The zero-order valence-electron chi connectivity index (χ0n) is 12.1. The topological polar surface area (TPSA) is 60.4 Å². The van der Waals surface area contributed by atoms with Gasteiger partial charge < -0.3 is 4.74 Å². The fraction of sp³-hybridized carbons (Fsp3) is 0.118. The SMILES string of the molecule is C=C(C)C(=O)OC(c1ccccc1)S(=O)(=O)c1ccccc1. The average molecular weight is 316 g/mol. The molecule has 2 rings (SSSR count). The number of carbonyl (C=O) groups is 1. The summed E-state index contributed by atoms with van der Waals surface area (Å²) < 4.78 is 30.8. The lowest BCUT2D eigenvalue weighted by Crippen LogP contribution is -2.20. The summed E-state index contributed by atoms with van der Waals surface area (Å²) in [5, 5.41) is 0. The Labute approximate surface area is 130 Å². The second-order valence-corrected chi connectivity index (χ2v) is 6.78. The standard InChI is InChI=1S/C17H16O4S/c1-13(2)16(18)21-17(14-9-5-3-6-10-14)22(19,20)15-11-7-4-8-12-15/h3-12,17H,1H2,2H3. The highest BCUT2D eigenvalue weighted by Crippen LogP contribution is 2.30. The monoisotopic (exact) mass is 316 g/mol. The van der Waals surface area contributed by atoms with Crippen LogP contribution in [-0.4, -0.2) is 14.4 Å². The van der Waals surface area contributed by atoms with E-state index < -0.39 is 21.2 Å². The molecule has 0 aliphatic heterocycles. The molecule has 5 heteroatoms. The fourth-order valence-electron chi connectivity index (χ4n) is 1.85. The fourth-order valence-corrected chi connectivity index (χ4v) is 3.37. The summed E-state index contributed by atoms with van der Waals surface area (Å²) in [6.45, 7) is 4.96. The third-order valence-electron chi connectivity index (χ3n) is 2.99. The number of hydrogen-bond donors (Lipinski definition) is 0. The lowest BCUT2D eigenvalue weighted by Gasteiger charge is -2.19. The van der Waals surface area contributed by atoms with E-state index in [2.05, 4.69) is 6.58 Å². The molecule has 0 heterocycles. The molecule has 2 aromatic carbocycles. The molecule has 0 radical (unpaired) electrons. The summed E-state index contributed by atoms with van der Waals surface area (Å²) in [7, 11) is -3.87. The van der Waals surface area contributed by atoms with Crippen LogP contribution in [0.2, 0.25) is 0 Å². The second-order valence-electron chi connectivity index (χ2n) is 4.79.